The van der Waals surface area contributed by atoms with Crippen molar-refractivity contribution >= 4 is 17.7 Å². The lowest BCUT2D eigenvalue weighted by Gasteiger charge is -2.07. The molecule has 3 rings (SSSR count). The fraction of sp³-hybridized carbons (Fsp3) is 0.0588. The molecule has 0 aliphatic rings. The fourth-order valence-corrected chi connectivity index (χ4v) is 2.29. The Morgan fingerprint density at radius 1 is 1.15 bits per heavy atom. The van der Waals surface area contributed by atoms with E-state index in [1.165, 1.54) is 30.5 Å². The van der Waals surface area contributed by atoms with Gasteiger partial charge in [-0.3, -0.25) is 4.79 Å². The fourth-order valence-electron chi connectivity index (χ4n) is 2.29. The second-order valence-corrected chi connectivity index (χ2v) is 5.38. The molecule has 0 saturated heterocycles. The molecule has 0 radical (unpaired) electrons. The van der Waals surface area contributed by atoms with E-state index in [9.17, 15) is 22.4 Å². The molecule has 0 aliphatic heterocycles. The van der Waals surface area contributed by atoms with Crippen LogP contribution in [0.25, 0.3) is 23.2 Å². The van der Waals surface area contributed by atoms with Crippen molar-refractivity contribution in [2.45, 2.75) is 6.18 Å². The molecule has 3 aromatic rings. The van der Waals surface area contributed by atoms with E-state index in [0.29, 0.717) is 0 Å². The summed E-state index contributed by atoms with van der Waals surface area (Å²) in [6, 6.07) is 7.20. The SMILES string of the molecule is NC(=O)/C(=C\n1cnc(-c2cccc(C(F)(F)F)c2)n1)c1cccnc1F. The van der Waals surface area contributed by atoms with Crippen LogP contribution in [0.3, 0.4) is 0 Å². The molecule has 0 unspecified atom stereocenters. The van der Waals surface area contributed by atoms with Crippen LogP contribution in [0.1, 0.15) is 11.1 Å². The minimum atomic E-state index is -4.50. The van der Waals surface area contributed by atoms with Gasteiger partial charge in [-0.25, -0.2) is 14.6 Å². The molecule has 0 spiro atoms. The highest BCUT2D eigenvalue weighted by molar-refractivity contribution is 6.22. The maximum atomic E-state index is 13.8. The minimum Gasteiger partial charge on any atom is -0.366 e. The van der Waals surface area contributed by atoms with Gasteiger partial charge in [0.05, 0.1) is 11.1 Å². The lowest BCUT2D eigenvalue weighted by molar-refractivity contribution is -0.137. The van der Waals surface area contributed by atoms with Crippen molar-refractivity contribution in [3.8, 4) is 11.4 Å². The topological polar surface area (TPSA) is 86.7 Å². The number of carbonyl (C=O) groups excluding carboxylic acids is 1. The zero-order valence-electron chi connectivity index (χ0n) is 13.5. The van der Waals surface area contributed by atoms with E-state index in [0.717, 1.165) is 29.3 Å². The summed E-state index contributed by atoms with van der Waals surface area (Å²) in [5.74, 6) is -1.84. The van der Waals surface area contributed by atoms with Crippen LogP contribution >= 0.6 is 0 Å². The van der Waals surface area contributed by atoms with Gasteiger partial charge in [0.2, 0.25) is 5.95 Å². The number of amides is 1. The second kappa shape index (κ2) is 6.98. The lowest BCUT2D eigenvalue weighted by Crippen LogP contribution is -2.15. The standard InChI is InChI=1S/C17H11F4N5O/c18-14-12(5-2-6-23-14)13(15(22)27)8-26-9-24-16(25-26)10-3-1-4-11(7-10)17(19,20)21/h1-9H,(H2,22,27)/b13-8-. The van der Waals surface area contributed by atoms with Crippen molar-refractivity contribution in [2.24, 2.45) is 5.73 Å². The first-order valence-corrected chi connectivity index (χ1v) is 7.47. The molecule has 138 valence electrons. The molecule has 1 aromatic carbocycles. The number of rotatable bonds is 4. The number of pyridine rings is 1. The third kappa shape index (κ3) is 4.00. The predicted molar refractivity (Wildman–Crippen MR) is 88.0 cm³/mol. The van der Waals surface area contributed by atoms with Crippen molar-refractivity contribution in [1.29, 1.82) is 0 Å². The lowest BCUT2D eigenvalue weighted by atomic mass is 10.1. The van der Waals surface area contributed by atoms with Crippen molar-refractivity contribution in [3.05, 3.63) is 66.0 Å². The zero-order valence-corrected chi connectivity index (χ0v) is 13.5. The maximum Gasteiger partial charge on any atom is 0.416 e. The van der Waals surface area contributed by atoms with Gasteiger partial charge in [-0.2, -0.15) is 17.6 Å². The smallest absolute Gasteiger partial charge is 0.366 e. The highest BCUT2D eigenvalue weighted by atomic mass is 19.4. The summed E-state index contributed by atoms with van der Waals surface area (Å²) in [4.78, 5) is 19.0. The number of primary amides is 1. The molecule has 0 saturated carbocycles. The van der Waals surface area contributed by atoms with Crippen LogP contribution in [0.15, 0.2) is 48.9 Å². The van der Waals surface area contributed by atoms with Crippen molar-refractivity contribution < 1.29 is 22.4 Å². The normalized spacial score (nSPS) is 12.2. The Labute approximate surface area is 150 Å². The Bertz CT molecular complexity index is 1030. The zero-order chi connectivity index (χ0) is 19.6. The summed E-state index contributed by atoms with van der Waals surface area (Å²) < 4.78 is 53.4. The third-order valence-corrected chi connectivity index (χ3v) is 3.53. The average molecular weight is 377 g/mol. The molecule has 6 nitrogen and oxygen atoms in total. The Hall–Kier alpha value is -3.56. The van der Waals surface area contributed by atoms with Gasteiger partial charge in [-0.1, -0.05) is 12.1 Å². The first-order chi connectivity index (χ1) is 12.8. The Morgan fingerprint density at radius 2 is 1.93 bits per heavy atom. The van der Waals surface area contributed by atoms with E-state index >= 15 is 0 Å². The monoisotopic (exact) mass is 377 g/mol. The number of hydrogen-bond acceptors (Lipinski definition) is 4. The predicted octanol–water partition coefficient (Wildman–Crippen LogP) is 2.98. The van der Waals surface area contributed by atoms with E-state index in [4.69, 9.17) is 5.73 Å². The summed E-state index contributed by atoms with van der Waals surface area (Å²) in [5, 5.41) is 3.99. The van der Waals surface area contributed by atoms with Crippen LogP contribution < -0.4 is 5.73 Å². The van der Waals surface area contributed by atoms with Crippen molar-refractivity contribution in [1.82, 2.24) is 19.7 Å². The number of alkyl halides is 3. The van der Waals surface area contributed by atoms with E-state index in [-0.39, 0.29) is 22.5 Å². The maximum absolute atomic E-state index is 13.8. The molecule has 10 heteroatoms. The van der Waals surface area contributed by atoms with Gasteiger partial charge >= 0.3 is 6.18 Å². The van der Waals surface area contributed by atoms with Gasteiger partial charge in [0.15, 0.2) is 5.82 Å². The van der Waals surface area contributed by atoms with Crippen LogP contribution in [0.2, 0.25) is 0 Å². The van der Waals surface area contributed by atoms with Gasteiger partial charge in [0.1, 0.15) is 6.33 Å². The molecular weight excluding hydrogens is 366 g/mol. The highest BCUT2D eigenvalue weighted by Gasteiger charge is 2.30. The number of carbonyl (C=O) groups is 1. The number of hydrogen-bond donors (Lipinski definition) is 1. The molecule has 1 amide bonds. The summed E-state index contributed by atoms with van der Waals surface area (Å²) in [6.45, 7) is 0. The number of nitrogens with zero attached hydrogens (tertiary/aromatic N) is 4. The molecule has 0 aliphatic carbocycles. The van der Waals surface area contributed by atoms with Crippen LogP contribution in [0.4, 0.5) is 17.6 Å². The minimum absolute atomic E-state index is 0.00664. The Morgan fingerprint density at radius 3 is 2.59 bits per heavy atom. The van der Waals surface area contributed by atoms with E-state index in [2.05, 4.69) is 15.1 Å². The summed E-state index contributed by atoms with van der Waals surface area (Å²) >= 11 is 0. The highest BCUT2D eigenvalue weighted by Crippen LogP contribution is 2.31. The quantitative estimate of drug-likeness (QED) is 0.430. The van der Waals surface area contributed by atoms with Gasteiger partial charge in [0, 0.05) is 23.5 Å². The molecule has 2 heterocycles. The molecule has 0 fully saturated rings. The van der Waals surface area contributed by atoms with Gasteiger partial charge in [-0.15, -0.1) is 5.10 Å². The van der Waals surface area contributed by atoms with Crippen LogP contribution in [-0.2, 0) is 11.0 Å². The van der Waals surface area contributed by atoms with E-state index in [1.54, 1.807) is 0 Å². The largest absolute Gasteiger partial charge is 0.416 e. The Balaban J connectivity index is 1.99. The van der Waals surface area contributed by atoms with E-state index < -0.39 is 23.6 Å². The second-order valence-electron chi connectivity index (χ2n) is 5.38. The van der Waals surface area contributed by atoms with Crippen LogP contribution in [-0.4, -0.2) is 25.7 Å². The summed E-state index contributed by atoms with van der Waals surface area (Å²) in [5.41, 5.74) is 4.21. The van der Waals surface area contributed by atoms with E-state index in [1.807, 2.05) is 0 Å². The first-order valence-electron chi connectivity index (χ1n) is 7.47. The first kappa shape index (κ1) is 18.2. The average Bonchev–Trinajstić information content (AvgIpc) is 3.08. The molecule has 0 bridgehead atoms. The number of nitrogens with two attached hydrogens (primary N) is 1. The van der Waals surface area contributed by atoms with Gasteiger partial charge < -0.3 is 5.73 Å². The molecule has 0 atom stereocenters. The van der Waals surface area contributed by atoms with Crippen molar-refractivity contribution in [3.63, 3.8) is 0 Å². The Kier molecular flexibility index (Phi) is 4.72. The van der Waals surface area contributed by atoms with Crippen LogP contribution in [0.5, 0.6) is 0 Å². The van der Waals surface area contributed by atoms with Crippen LogP contribution in [0, 0.1) is 5.95 Å². The molecule has 2 N–H and O–H groups in total. The van der Waals surface area contributed by atoms with Crippen molar-refractivity contribution in [2.75, 3.05) is 0 Å². The number of halogens is 4. The molecule has 2 aromatic heterocycles. The molecule has 27 heavy (non-hydrogen) atoms. The number of benzene rings is 1. The number of aromatic nitrogens is 4. The third-order valence-electron chi connectivity index (χ3n) is 3.53. The molecular formula is C17H11F4N5O. The van der Waals surface area contributed by atoms with Gasteiger partial charge in [0.25, 0.3) is 5.91 Å². The summed E-state index contributed by atoms with van der Waals surface area (Å²) in [7, 11) is 0. The summed E-state index contributed by atoms with van der Waals surface area (Å²) in [6.07, 6.45) is -1.02. The van der Waals surface area contributed by atoms with Gasteiger partial charge in [-0.05, 0) is 24.3 Å².